The van der Waals surface area contributed by atoms with Crippen molar-refractivity contribution in [2.45, 2.75) is 18.6 Å². The Bertz CT molecular complexity index is 366. The highest BCUT2D eigenvalue weighted by molar-refractivity contribution is 5.85. The van der Waals surface area contributed by atoms with Crippen LogP contribution < -0.4 is 5.73 Å². The summed E-state index contributed by atoms with van der Waals surface area (Å²) in [6.45, 7) is 0.890. The highest BCUT2D eigenvalue weighted by Crippen LogP contribution is 2.17. The lowest BCUT2D eigenvalue weighted by molar-refractivity contribution is -0.141. The van der Waals surface area contributed by atoms with Crippen molar-refractivity contribution in [1.29, 1.82) is 0 Å². The molecule has 0 unspecified atom stereocenters. The minimum atomic E-state index is -0.350. The maximum Gasteiger partial charge on any atom is 0.224 e. The van der Waals surface area contributed by atoms with Crippen LogP contribution in [0.2, 0.25) is 0 Å². The van der Waals surface area contributed by atoms with Crippen molar-refractivity contribution < 1.29 is 9.90 Å². The summed E-state index contributed by atoms with van der Waals surface area (Å²) in [6, 6.07) is 9.32. The maximum atomic E-state index is 11.7. The maximum absolute atomic E-state index is 11.7. The molecule has 0 spiro atoms. The van der Waals surface area contributed by atoms with E-state index in [0.717, 1.165) is 5.56 Å². The molecule has 0 aliphatic carbocycles. The lowest BCUT2D eigenvalue weighted by Gasteiger charge is -2.36. The van der Waals surface area contributed by atoms with E-state index in [4.69, 9.17) is 10.8 Å². The summed E-state index contributed by atoms with van der Waals surface area (Å²) in [7, 11) is 0. The van der Waals surface area contributed by atoms with Gasteiger partial charge in [0.15, 0.2) is 0 Å². The molecule has 17 heavy (non-hydrogen) atoms. The van der Waals surface area contributed by atoms with Crippen molar-refractivity contribution in [1.82, 2.24) is 4.90 Å². The number of rotatable bonds is 3. The molecule has 0 saturated carbocycles. The Morgan fingerprint density at radius 3 is 2.53 bits per heavy atom. The lowest BCUT2D eigenvalue weighted by atomic mass is 10.0. The summed E-state index contributed by atoms with van der Waals surface area (Å²) in [5.74, 6) is 0.0154. The average Bonchev–Trinajstić information content (AvgIpc) is 2.26. The van der Waals surface area contributed by atoms with Crippen LogP contribution in [-0.4, -0.2) is 35.1 Å². The molecule has 1 aromatic rings. The topological polar surface area (TPSA) is 66.6 Å². The first-order chi connectivity index (χ1) is 7.66. The van der Waals surface area contributed by atoms with Gasteiger partial charge in [-0.15, -0.1) is 12.4 Å². The number of carbonyl (C=O) groups excluding carboxylic acids is 1. The summed E-state index contributed by atoms with van der Waals surface area (Å²) in [4.78, 5) is 13.3. The van der Waals surface area contributed by atoms with Gasteiger partial charge in [-0.3, -0.25) is 4.79 Å². The van der Waals surface area contributed by atoms with Crippen molar-refractivity contribution in [3.05, 3.63) is 35.9 Å². The number of benzene rings is 1. The average molecular weight is 257 g/mol. The molecule has 1 saturated heterocycles. The second kappa shape index (κ2) is 6.00. The minimum absolute atomic E-state index is 0. The van der Waals surface area contributed by atoms with Crippen LogP contribution in [-0.2, 0) is 4.79 Å². The van der Waals surface area contributed by atoms with Crippen molar-refractivity contribution in [3.63, 3.8) is 0 Å². The lowest BCUT2D eigenvalue weighted by Crippen LogP contribution is -2.53. The van der Waals surface area contributed by atoms with Gasteiger partial charge >= 0.3 is 0 Å². The smallest absolute Gasteiger partial charge is 0.224 e. The van der Waals surface area contributed by atoms with Crippen LogP contribution in [0.15, 0.2) is 30.3 Å². The molecule has 1 aliphatic heterocycles. The molecule has 3 N–H and O–H groups in total. The van der Waals surface area contributed by atoms with Gasteiger partial charge in [0.05, 0.1) is 6.10 Å². The van der Waals surface area contributed by atoms with Gasteiger partial charge in [-0.2, -0.15) is 0 Å². The van der Waals surface area contributed by atoms with E-state index in [0.29, 0.717) is 19.5 Å². The van der Waals surface area contributed by atoms with Crippen molar-refractivity contribution in [2.24, 2.45) is 5.73 Å². The Kier molecular flexibility index (Phi) is 4.93. The van der Waals surface area contributed by atoms with Gasteiger partial charge in [0.25, 0.3) is 0 Å². The number of aliphatic hydroxyl groups excluding tert-OH is 1. The number of carbonyl (C=O) groups is 1. The highest BCUT2D eigenvalue weighted by atomic mass is 35.5. The molecule has 0 radical (unpaired) electrons. The van der Waals surface area contributed by atoms with Crippen LogP contribution in [0.25, 0.3) is 0 Å². The molecule has 1 heterocycles. The number of nitrogens with zero attached hydrogens (tertiary/aromatic N) is 1. The number of hydrogen-bond acceptors (Lipinski definition) is 3. The first kappa shape index (κ1) is 14.0. The molecule has 0 aromatic heterocycles. The SMILES string of the molecule is Cl.N[C@@H](CC(=O)N1CC(O)C1)c1ccccc1. The van der Waals surface area contributed by atoms with Crippen molar-refractivity contribution >= 4 is 18.3 Å². The summed E-state index contributed by atoms with van der Waals surface area (Å²) < 4.78 is 0. The largest absolute Gasteiger partial charge is 0.389 e. The summed E-state index contributed by atoms with van der Waals surface area (Å²) in [5.41, 5.74) is 6.91. The number of aliphatic hydroxyl groups is 1. The van der Waals surface area contributed by atoms with E-state index in [1.54, 1.807) is 4.90 Å². The minimum Gasteiger partial charge on any atom is -0.389 e. The van der Waals surface area contributed by atoms with E-state index >= 15 is 0 Å². The molecule has 1 fully saturated rings. The van der Waals surface area contributed by atoms with Gasteiger partial charge in [0.1, 0.15) is 0 Å². The molecular formula is C12H17ClN2O2. The molecule has 1 amide bonds. The number of nitrogens with two attached hydrogens (primary N) is 1. The van der Waals surface area contributed by atoms with E-state index in [2.05, 4.69) is 0 Å². The Morgan fingerprint density at radius 2 is 2.00 bits per heavy atom. The highest BCUT2D eigenvalue weighted by Gasteiger charge is 2.29. The van der Waals surface area contributed by atoms with Crippen LogP contribution in [0.3, 0.4) is 0 Å². The van der Waals surface area contributed by atoms with Gasteiger partial charge in [-0.05, 0) is 5.56 Å². The van der Waals surface area contributed by atoms with Crippen molar-refractivity contribution in [3.8, 4) is 0 Å². The number of halogens is 1. The van der Waals surface area contributed by atoms with Gasteiger partial charge in [-0.1, -0.05) is 30.3 Å². The fraction of sp³-hybridized carbons (Fsp3) is 0.417. The fourth-order valence-corrected chi connectivity index (χ4v) is 1.79. The predicted molar refractivity (Wildman–Crippen MR) is 67.8 cm³/mol. The standard InChI is InChI=1S/C12H16N2O2.ClH/c13-11(9-4-2-1-3-5-9)6-12(16)14-7-10(15)8-14;/h1-5,10-11,15H,6-8,13H2;1H/t11-;/m0./s1. The van der Waals surface area contributed by atoms with E-state index in [1.807, 2.05) is 30.3 Å². The predicted octanol–water partition coefficient (Wildman–Crippen LogP) is 0.701. The number of hydrogen-bond donors (Lipinski definition) is 2. The first-order valence-corrected chi connectivity index (χ1v) is 5.43. The van der Waals surface area contributed by atoms with E-state index in [9.17, 15) is 4.79 Å². The zero-order valence-electron chi connectivity index (χ0n) is 9.45. The summed E-state index contributed by atoms with van der Waals surface area (Å²) >= 11 is 0. The monoisotopic (exact) mass is 256 g/mol. The quantitative estimate of drug-likeness (QED) is 0.837. The van der Waals surface area contributed by atoms with Gasteiger partial charge in [0.2, 0.25) is 5.91 Å². The van der Waals surface area contributed by atoms with Gasteiger partial charge < -0.3 is 15.7 Å². The number of likely N-dealkylation sites (tertiary alicyclic amines) is 1. The van der Waals surface area contributed by atoms with Crippen LogP contribution in [0.4, 0.5) is 0 Å². The third-order valence-corrected chi connectivity index (χ3v) is 2.84. The zero-order chi connectivity index (χ0) is 11.5. The summed E-state index contributed by atoms with van der Waals surface area (Å²) in [5, 5.41) is 9.09. The molecule has 0 bridgehead atoms. The van der Waals surface area contributed by atoms with Crippen LogP contribution in [0.5, 0.6) is 0 Å². The Balaban J connectivity index is 0.00000144. The third-order valence-electron chi connectivity index (χ3n) is 2.84. The second-order valence-corrected chi connectivity index (χ2v) is 4.17. The fourth-order valence-electron chi connectivity index (χ4n) is 1.79. The van der Waals surface area contributed by atoms with Crippen LogP contribution in [0.1, 0.15) is 18.0 Å². The molecule has 2 rings (SSSR count). The van der Waals surface area contributed by atoms with E-state index < -0.39 is 0 Å². The zero-order valence-corrected chi connectivity index (χ0v) is 10.3. The summed E-state index contributed by atoms with van der Waals surface area (Å²) in [6.07, 6.45) is -0.0478. The first-order valence-electron chi connectivity index (χ1n) is 5.43. The van der Waals surface area contributed by atoms with Crippen LogP contribution in [0, 0.1) is 0 Å². The van der Waals surface area contributed by atoms with E-state index in [-0.39, 0.29) is 30.5 Å². The Labute approximate surface area is 107 Å². The normalized spacial score (nSPS) is 16.9. The van der Waals surface area contributed by atoms with Crippen molar-refractivity contribution in [2.75, 3.05) is 13.1 Å². The van der Waals surface area contributed by atoms with Gasteiger partial charge in [0, 0.05) is 25.6 Å². The Morgan fingerprint density at radius 1 is 1.41 bits per heavy atom. The van der Waals surface area contributed by atoms with Gasteiger partial charge in [-0.25, -0.2) is 0 Å². The number of amides is 1. The third kappa shape index (κ3) is 3.43. The molecule has 1 aliphatic rings. The molecule has 94 valence electrons. The molecule has 4 nitrogen and oxygen atoms in total. The molecule has 1 atom stereocenters. The molecule has 1 aromatic carbocycles. The van der Waals surface area contributed by atoms with Crippen LogP contribution >= 0.6 is 12.4 Å². The molecule has 5 heteroatoms. The second-order valence-electron chi connectivity index (χ2n) is 4.17. The Hall–Kier alpha value is -1.10. The molecular weight excluding hydrogens is 240 g/mol. The van der Waals surface area contributed by atoms with E-state index in [1.165, 1.54) is 0 Å². The number of β-amino-alcohol motifs (C(OH)–C–C–N with tert-alkyl or cyclic N) is 1.